The number of hydrogen-bond acceptors (Lipinski definition) is 18. The maximum absolute atomic E-state index is 8.22. The molecule has 0 saturated carbocycles. The van der Waals surface area contributed by atoms with Crippen LogP contribution in [0.1, 0.15) is 0 Å². The molecule has 18 nitrogen and oxygen atoms in total. The fourth-order valence-electron chi connectivity index (χ4n) is 1.07. The third-order valence-corrected chi connectivity index (χ3v) is 21.4. The van der Waals surface area contributed by atoms with Crippen LogP contribution >= 0.6 is 0 Å². The van der Waals surface area contributed by atoms with Crippen molar-refractivity contribution in [2.24, 2.45) is 0 Å². The van der Waals surface area contributed by atoms with Crippen molar-refractivity contribution in [3.63, 3.8) is 0 Å². The summed E-state index contributed by atoms with van der Waals surface area (Å²) in [7, 11) is -8.12. The first-order valence-electron chi connectivity index (χ1n) is 9.97. The highest BCUT2D eigenvalue weighted by molar-refractivity contribution is 6.51. The smallest absolute Gasteiger partial charge is 0.292 e. The first-order chi connectivity index (χ1) is 17.7. The van der Waals surface area contributed by atoms with Crippen LogP contribution in [0.15, 0.2) is 0 Å². The van der Waals surface area contributed by atoms with Gasteiger partial charge in [-0.25, -0.2) is 0 Å². The van der Waals surface area contributed by atoms with Gasteiger partial charge in [0.2, 0.25) is 0 Å². The van der Waals surface area contributed by atoms with Gasteiger partial charge in [0.1, 0.15) is 31.5 Å². The molecule has 36 heavy (non-hydrogen) atoms. The Hall–Kier alpha value is 3.18. The summed E-state index contributed by atoms with van der Waals surface area (Å²) in [6, 6.07) is 0. The Morgan fingerprint density at radius 1 is 0.389 bits per heavy atom. The van der Waals surface area contributed by atoms with Gasteiger partial charge in [0.05, 0.1) is 0 Å². The molecule has 222 valence electrons. The van der Waals surface area contributed by atoms with Crippen LogP contribution in [-0.2, 0) is 61.7 Å². The summed E-state index contributed by atoms with van der Waals surface area (Å²) < 4.78 is 73.0. The van der Waals surface area contributed by atoms with Gasteiger partial charge in [-0.2, -0.15) is 0 Å². The van der Waals surface area contributed by atoms with Crippen LogP contribution in [0.5, 0.6) is 0 Å². The van der Waals surface area contributed by atoms with E-state index in [0.29, 0.717) is 10.5 Å². The lowest BCUT2D eigenvalue weighted by Gasteiger charge is -2.10. The van der Waals surface area contributed by atoms with E-state index in [4.69, 9.17) is 67.9 Å². The number of hydrogen-bond donors (Lipinski definition) is 3. The summed E-state index contributed by atoms with van der Waals surface area (Å²) in [5.41, 5.74) is 0. The zero-order chi connectivity index (χ0) is 27.2. The third kappa shape index (κ3) is 53.4. The van der Waals surface area contributed by atoms with E-state index >= 15 is 0 Å². The zero-order valence-electron chi connectivity index (χ0n) is 21.1. The van der Waals surface area contributed by atoms with Gasteiger partial charge in [0.15, 0.2) is 0 Å². The molecule has 3 fully saturated rings. The lowest BCUT2D eigenvalue weighted by Crippen LogP contribution is -2.23. The summed E-state index contributed by atoms with van der Waals surface area (Å²) in [4.78, 5) is 24.1. The van der Waals surface area contributed by atoms with Gasteiger partial charge < -0.3 is 76.1 Å². The molecule has 3 rings (SSSR count). The molecule has 0 radical (unpaired) electrons. The molecule has 0 unspecified atom stereocenters. The van der Waals surface area contributed by atoms with Gasteiger partial charge >= 0.3 is 0 Å². The molecule has 0 atom stereocenters. The Balaban J connectivity index is -0.000000370. The molecule has 0 spiro atoms. The Labute approximate surface area is 256 Å². The van der Waals surface area contributed by atoms with E-state index in [2.05, 4.69) is 8.23 Å². The average Bonchev–Trinajstić information content (AvgIpc) is 2.86. The summed E-state index contributed by atoms with van der Waals surface area (Å²) >= 11 is 0. The first-order valence-corrected chi connectivity index (χ1v) is 29.9. The van der Waals surface area contributed by atoms with Crippen molar-refractivity contribution >= 4 is 182 Å². The van der Waals surface area contributed by atoms with E-state index < -0.39 is 130 Å². The minimum Gasteiger partial charge on any atom is -0.449 e. The maximum atomic E-state index is 8.22. The van der Waals surface area contributed by atoms with Gasteiger partial charge in [-0.3, -0.25) is 0 Å². The van der Waals surface area contributed by atoms with Crippen molar-refractivity contribution in [1.29, 1.82) is 0 Å². The minimum absolute atomic E-state index is 0.333. The second-order valence-corrected chi connectivity index (χ2v) is 35.2. The lowest BCUT2D eigenvalue weighted by molar-refractivity contribution is 0.346. The highest BCUT2D eigenvalue weighted by Gasteiger charge is 1.98. The molecule has 0 amide bonds. The fraction of sp³-hybridized carbons (Fsp3) is 0. The molecule has 3 heterocycles. The molecular formula is H42O18Si18. The molecule has 3 saturated heterocycles. The Morgan fingerprint density at radius 2 is 0.639 bits per heavy atom. The second kappa shape index (κ2) is 47.9. The van der Waals surface area contributed by atoms with Crippen molar-refractivity contribution in [3.8, 4) is 0 Å². The second-order valence-electron chi connectivity index (χ2n) is 5.12. The topological polar surface area (TPSA) is 199 Å². The number of rotatable bonds is 9. The normalized spacial score (nSPS) is 24.8. The van der Waals surface area contributed by atoms with Gasteiger partial charge in [-0.1, -0.05) is 0 Å². The van der Waals surface area contributed by atoms with Crippen LogP contribution in [0.25, 0.3) is 0 Å². The molecule has 3 aliphatic heterocycles. The van der Waals surface area contributed by atoms with Crippen molar-refractivity contribution < 1.29 is 76.1 Å². The van der Waals surface area contributed by atoms with Gasteiger partial charge in [-0.15, -0.1) is 0 Å². The lowest BCUT2D eigenvalue weighted by atomic mass is 15.7. The van der Waals surface area contributed by atoms with Crippen LogP contribution in [-0.4, -0.2) is 196 Å². The molecule has 3 aliphatic rings. The van der Waals surface area contributed by atoms with Crippen molar-refractivity contribution in [3.05, 3.63) is 0 Å². The predicted molar refractivity (Wildman–Crippen MR) is 181 cm³/mol. The quantitative estimate of drug-likeness (QED) is 0.146. The van der Waals surface area contributed by atoms with Crippen LogP contribution in [0.2, 0.25) is 0 Å². The minimum atomic E-state index is -1.20. The SMILES string of the molecule is O1[SiH2]O[SiH2]1.O1[SiH2]O[SiH2]O[SiH2]1.O1[SiH2]O[SiH2]O[SiH2]O[SiH2]1.O[SiH2]O[SiH2]O[SiH2]O[SiH3].O[SiH2]O[SiH2]O[SiH3].O[SiH2]O[SiH3]. The Bertz CT molecular complexity index is 271. The molecule has 0 aromatic carbocycles. The van der Waals surface area contributed by atoms with E-state index in [0.717, 1.165) is 21.0 Å². The Morgan fingerprint density at radius 3 is 0.833 bits per heavy atom. The summed E-state index contributed by atoms with van der Waals surface area (Å²) in [6.07, 6.45) is 0. The average molecular weight is 836 g/mol. The van der Waals surface area contributed by atoms with Gasteiger partial charge in [0, 0.05) is 0 Å². The van der Waals surface area contributed by atoms with Crippen LogP contribution in [0.3, 0.4) is 0 Å². The molecule has 0 aromatic rings. The maximum Gasteiger partial charge on any atom is 0.292 e. The molecular weight excluding hydrogens is 794 g/mol. The summed E-state index contributed by atoms with van der Waals surface area (Å²) in [5, 5.41) is 0. The van der Waals surface area contributed by atoms with Crippen LogP contribution < -0.4 is 0 Å². The van der Waals surface area contributed by atoms with E-state index in [1.54, 1.807) is 0 Å². The van der Waals surface area contributed by atoms with E-state index in [9.17, 15) is 0 Å². The molecule has 36 heteroatoms. The van der Waals surface area contributed by atoms with Crippen LogP contribution in [0.4, 0.5) is 0 Å². The van der Waals surface area contributed by atoms with Gasteiger partial charge in [0.25, 0.3) is 150 Å². The van der Waals surface area contributed by atoms with Crippen molar-refractivity contribution in [2.45, 2.75) is 0 Å². The predicted octanol–water partition coefficient (Wildman–Crippen LogP) is -20.0. The largest absolute Gasteiger partial charge is 0.449 e. The standard InChI is InChI=1S/H8O4Si4.H10O4Si4.H6O3Si3.H8O3Si3.H4O2Si2.H6O2Si2/c1-5-2-7-4-8-3-6-1;1-6-3-8-4-7-2-5;1-4-2-6-3-5-1;1-5-3-6-2-4;1-3-2-4-1;1-4-2-3/h5-8H2;1H,6-8H2,5H3;4-6H2;1H,5-6H2,4H3;3-4H2;1H,4H2,3H3. The van der Waals surface area contributed by atoms with E-state index in [1.165, 1.54) is 0 Å². The van der Waals surface area contributed by atoms with Crippen LogP contribution in [0, 0.1) is 0 Å². The monoisotopic (exact) mass is 834 g/mol. The summed E-state index contributed by atoms with van der Waals surface area (Å²) in [6.45, 7) is 0. The highest BCUT2D eigenvalue weighted by Crippen LogP contribution is 1.80. The highest BCUT2D eigenvalue weighted by atomic mass is 28.4. The van der Waals surface area contributed by atoms with Gasteiger partial charge in [-0.05, 0) is 0 Å². The molecule has 0 aliphatic carbocycles. The van der Waals surface area contributed by atoms with Crippen molar-refractivity contribution in [2.75, 3.05) is 0 Å². The van der Waals surface area contributed by atoms with E-state index in [1.807, 2.05) is 0 Å². The third-order valence-electron chi connectivity index (χ3n) is 2.38. The summed E-state index contributed by atoms with van der Waals surface area (Å²) in [5.74, 6) is 0. The molecule has 0 aromatic heterocycles. The molecule has 0 bridgehead atoms. The molecule has 3 N–H and O–H groups in total. The fourth-order valence-corrected chi connectivity index (χ4v) is 21.1. The Kier molecular flexibility index (Phi) is 58.1. The van der Waals surface area contributed by atoms with E-state index in [-0.39, 0.29) is 20.0 Å². The van der Waals surface area contributed by atoms with Crippen molar-refractivity contribution in [1.82, 2.24) is 0 Å². The first kappa shape index (κ1) is 43.6. The zero-order valence-corrected chi connectivity index (χ0v) is 48.3.